The first-order valence-corrected chi connectivity index (χ1v) is 7.10. The highest BCUT2D eigenvalue weighted by Gasteiger charge is 2.10. The molecule has 0 saturated carbocycles. The number of hydrazone groups is 1. The highest BCUT2D eigenvalue weighted by atomic mass is 35.5. The first-order valence-electron chi connectivity index (χ1n) is 6.72. The lowest BCUT2D eigenvalue weighted by molar-refractivity contribution is -0.119. The summed E-state index contributed by atoms with van der Waals surface area (Å²) < 4.78 is 4.90. The number of aromatic hydroxyl groups is 1. The number of phenols is 1. The molecule has 0 aliphatic heterocycles. The summed E-state index contributed by atoms with van der Waals surface area (Å²) in [6.45, 7) is -0.318. The quantitative estimate of drug-likeness (QED) is 0.335. The van der Waals surface area contributed by atoms with Crippen LogP contribution in [0.5, 0.6) is 11.5 Å². The molecule has 5 N–H and O–H groups in total. The lowest BCUT2D eigenvalue weighted by Crippen LogP contribution is -2.31. The molecule has 12 heteroatoms. The van der Waals surface area contributed by atoms with Crippen LogP contribution in [0.3, 0.4) is 0 Å². The lowest BCUT2D eigenvalue weighted by Gasteiger charge is -2.06. The van der Waals surface area contributed by atoms with Crippen molar-refractivity contribution in [2.75, 3.05) is 19.0 Å². The highest BCUT2D eigenvalue weighted by molar-refractivity contribution is 6.34. The van der Waals surface area contributed by atoms with Gasteiger partial charge < -0.3 is 15.2 Å². The Bertz CT molecular complexity index is 922. The van der Waals surface area contributed by atoms with Crippen molar-refractivity contribution >= 4 is 29.5 Å². The maximum atomic E-state index is 11.6. The molecule has 11 nitrogen and oxygen atoms in total. The van der Waals surface area contributed by atoms with Crippen molar-refractivity contribution in [1.82, 2.24) is 20.6 Å². The molecule has 2 rings (SSSR count). The van der Waals surface area contributed by atoms with E-state index in [4.69, 9.17) is 16.3 Å². The second-order valence-corrected chi connectivity index (χ2v) is 4.90. The molecule has 1 amide bonds. The van der Waals surface area contributed by atoms with Crippen molar-refractivity contribution in [3.8, 4) is 11.5 Å². The number of phenolic OH excluding ortho intramolecular Hbond substituents is 1. The summed E-state index contributed by atoms with van der Waals surface area (Å²) in [5, 5.41) is 21.4. The first kappa shape index (κ1) is 18.0. The van der Waals surface area contributed by atoms with Crippen LogP contribution >= 0.6 is 11.6 Å². The van der Waals surface area contributed by atoms with E-state index >= 15 is 0 Å². The third-order valence-corrected chi connectivity index (χ3v) is 3.25. The smallest absolute Gasteiger partial charge is 0.342 e. The number of methoxy groups -OCH3 is 1. The Balaban J connectivity index is 1.93. The number of rotatable bonds is 6. The van der Waals surface area contributed by atoms with Crippen LogP contribution in [0.4, 0.5) is 5.82 Å². The molecule has 0 saturated heterocycles. The van der Waals surface area contributed by atoms with Crippen LogP contribution in [0.15, 0.2) is 26.8 Å². The molecule has 1 heterocycles. The Labute approximate surface area is 144 Å². The number of aromatic nitrogens is 3. The van der Waals surface area contributed by atoms with Crippen LogP contribution in [0.1, 0.15) is 5.56 Å². The lowest BCUT2D eigenvalue weighted by atomic mass is 10.2. The van der Waals surface area contributed by atoms with Crippen LogP contribution in [0.25, 0.3) is 0 Å². The monoisotopic (exact) mass is 368 g/mol. The fourth-order valence-corrected chi connectivity index (χ4v) is 1.88. The Kier molecular flexibility index (Phi) is 5.74. The Morgan fingerprint density at radius 2 is 2.24 bits per heavy atom. The van der Waals surface area contributed by atoms with Crippen LogP contribution in [-0.2, 0) is 4.79 Å². The zero-order chi connectivity index (χ0) is 18.4. The van der Waals surface area contributed by atoms with Crippen molar-refractivity contribution in [2.24, 2.45) is 5.10 Å². The Morgan fingerprint density at radius 1 is 1.48 bits per heavy atom. The number of nitrogens with one attached hydrogen (secondary N) is 4. The highest BCUT2D eigenvalue weighted by Crippen LogP contribution is 2.35. The summed E-state index contributed by atoms with van der Waals surface area (Å²) in [7, 11) is 1.38. The summed E-state index contributed by atoms with van der Waals surface area (Å²) in [6.07, 6.45) is 1.23. The van der Waals surface area contributed by atoms with Gasteiger partial charge in [0.25, 0.3) is 11.5 Å². The van der Waals surface area contributed by atoms with E-state index in [9.17, 15) is 19.5 Å². The van der Waals surface area contributed by atoms with Gasteiger partial charge >= 0.3 is 5.69 Å². The van der Waals surface area contributed by atoms with E-state index < -0.39 is 17.2 Å². The summed E-state index contributed by atoms with van der Waals surface area (Å²) in [5.41, 5.74) is 1.02. The number of anilines is 1. The Morgan fingerprint density at radius 3 is 2.92 bits per heavy atom. The fourth-order valence-electron chi connectivity index (χ4n) is 1.67. The number of hydrogen-bond donors (Lipinski definition) is 5. The zero-order valence-electron chi connectivity index (χ0n) is 12.8. The first-order chi connectivity index (χ1) is 11.9. The largest absolute Gasteiger partial charge is 0.503 e. The third-order valence-electron chi connectivity index (χ3n) is 2.85. The molecular weight excluding hydrogens is 356 g/mol. The van der Waals surface area contributed by atoms with E-state index in [2.05, 4.69) is 20.9 Å². The molecule has 1 aromatic heterocycles. The number of aromatic amines is 2. The summed E-state index contributed by atoms with van der Waals surface area (Å²) in [6, 6.07) is 3.03. The van der Waals surface area contributed by atoms with Gasteiger partial charge in [0, 0.05) is 5.56 Å². The number of carbonyl (C=O) groups excluding carboxylic acids is 1. The molecule has 2 aromatic rings. The molecule has 0 aliphatic rings. The van der Waals surface area contributed by atoms with E-state index in [-0.39, 0.29) is 28.9 Å². The van der Waals surface area contributed by atoms with Gasteiger partial charge in [-0.15, -0.1) is 5.10 Å². The van der Waals surface area contributed by atoms with Gasteiger partial charge in [-0.3, -0.25) is 14.6 Å². The predicted octanol–water partition coefficient (Wildman–Crippen LogP) is -0.612. The van der Waals surface area contributed by atoms with Crippen molar-refractivity contribution in [3.05, 3.63) is 43.6 Å². The van der Waals surface area contributed by atoms with Crippen molar-refractivity contribution < 1.29 is 14.6 Å². The topological polar surface area (TPSA) is 162 Å². The second-order valence-electron chi connectivity index (χ2n) is 4.52. The van der Waals surface area contributed by atoms with Gasteiger partial charge in [-0.1, -0.05) is 11.6 Å². The van der Waals surface area contributed by atoms with Gasteiger partial charge in [-0.2, -0.15) is 5.10 Å². The number of carbonyl (C=O) groups is 1. The molecule has 0 spiro atoms. The number of benzene rings is 1. The molecular formula is C13H13ClN6O5. The maximum Gasteiger partial charge on any atom is 0.342 e. The molecule has 0 radical (unpaired) electrons. The van der Waals surface area contributed by atoms with E-state index in [1.807, 2.05) is 10.1 Å². The molecule has 0 unspecified atom stereocenters. The van der Waals surface area contributed by atoms with E-state index in [0.717, 1.165) is 0 Å². The summed E-state index contributed by atoms with van der Waals surface area (Å²) >= 11 is 5.94. The minimum absolute atomic E-state index is 0.0134. The van der Waals surface area contributed by atoms with E-state index in [1.165, 1.54) is 19.4 Å². The number of hydrogen-bond acceptors (Lipinski definition) is 8. The third kappa shape index (κ3) is 4.57. The van der Waals surface area contributed by atoms with Crippen molar-refractivity contribution in [1.29, 1.82) is 0 Å². The van der Waals surface area contributed by atoms with Gasteiger partial charge in [0.1, 0.15) is 0 Å². The van der Waals surface area contributed by atoms with Crippen LogP contribution < -0.4 is 26.7 Å². The number of amides is 1. The number of H-pyrrole nitrogens is 2. The maximum absolute atomic E-state index is 11.6. The predicted molar refractivity (Wildman–Crippen MR) is 89.4 cm³/mol. The van der Waals surface area contributed by atoms with Crippen molar-refractivity contribution in [3.63, 3.8) is 0 Å². The number of halogens is 1. The SMILES string of the molecule is COc1ccc(/C=N/NC(=O)CNc2n[nH]c(=O)[nH]c2=O)c(Cl)c1O. The van der Waals surface area contributed by atoms with Gasteiger partial charge in [0.2, 0.25) is 5.82 Å². The fraction of sp³-hybridized carbons (Fsp3) is 0.154. The summed E-state index contributed by atoms with van der Waals surface area (Å²) in [5.74, 6) is -0.849. The molecule has 1 aromatic carbocycles. The Hall–Kier alpha value is -3.34. The van der Waals surface area contributed by atoms with Gasteiger partial charge in [0.05, 0.1) is 24.9 Å². The van der Waals surface area contributed by atoms with Crippen molar-refractivity contribution in [2.45, 2.75) is 0 Å². The van der Waals surface area contributed by atoms with E-state index in [0.29, 0.717) is 5.56 Å². The second kappa shape index (κ2) is 7.97. The molecule has 25 heavy (non-hydrogen) atoms. The van der Waals surface area contributed by atoms with Crippen LogP contribution in [-0.4, -0.2) is 46.1 Å². The summed E-state index contributed by atoms with van der Waals surface area (Å²) in [4.78, 5) is 35.8. The van der Waals surface area contributed by atoms with Gasteiger partial charge in [-0.25, -0.2) is 15.3 Å². The molecule has 0 aliphatic carbocycles. The normalized spacial score (nSPS) is 10.6. The average Bonchev–Trinajstić information content (AvgIpc) is 2.58. The van der Waals surface area contributed by atoms with E-state index in [1.54, 1.807) is 6.07 Å². The molecule has 0 fully saturated rings. The van der Waals surface area contributed by atoms with Crippen LogP contribution in [0, 0.1) is 0 Å². The minimum Gasteiger partial charge on any atom is -0.503 e. The molecule has 132 valence electrons. The van der Waals surface area contributed by atoms with Gasteiger partial charge in [0.15, 0.2) is 11.5 Å². The average molecular weight is 369 g/mol. The van der Waals surface area contributed by atoms with Crippen LogP contribution in [0.2, 0.25) is 5.02 Å². The van der Waals surface area contributed by atoms with Gasteiger partial charge in [-0.05, 0) is 12.1 Å². The molecule has 0 atom stereocenters. The standard InChI is InChI=1S/C13H13ClN6O5/c1-25-7-3-2-6(9(14)10(7)22)4-16-18-8(21)5-15-11-12(23)17-13(24)20-19-11/h2-4,22H,5H2,1H3,(H,15,19)(H,18,21)(H2,17,20,23,24)/b16-4+. The number of nitrogens with zero attached hydrogens (tertiary/aromatic N) is 2. The zero-order valence-corrected chi connectivity index (χ0v) is 13.5. The number of ether oxygens (including phenoxy) is 1. The molecule has 0 bridgehead atoms. The minimum atomic E-state index is -0.763.